The number of ether oxygens (including phenoxy) is 1. The Morgan fingerprint density at radius 3 is 2.50 bits per heavy atom. The van der Waals surface area contributed by atoms with Crippen molar-refractivity contribution < 1.29 is 4.74 Å². The summed E-state index contributed by atoms with van der Waals surface area (Å²) < 4.78 is 7.71. The molecule has 0 amide bonds. The third-order valence-electron chi connectivity index (χ3n) is 5.28. The number of nitrogens with zero attached hydrogens (tertiary/aromatic N) is 6. The minimum atomic E-state index is 0.574. The molecule has 2 aliphatic rings. The van der Waals surface area contributed by atoms with Crippen molar-refractivity contribution in [2.24, 2.45) is 0 Å². The molecule has 0 bridgehead atoms. The van der Waals surface area contributed by atoms with Crippen LogP contribution in [-0.4, -0.2) is 52.8 Å². The quantitative estimate of drug-likeness (QED) is 0.721. The minimum Gasteiger partial charge on any atom is -0.495 e. The summed E-state index contributed by atoms with van der Waals surface area (Å²) in [5.41, 5.74) is 3.04. The summed E-state index contributed by atoms with van der Waals surface area (Å²) >= 11 is 0. The monoisotopic (exact) mass is 350 g/mol. The first-order valence-corrected chi connectivity index (χ1v) is 9.15. The predicted octanol–water partition coefficient (Wildman–Crippen LogP) is 2.50. The zero-order valence-corrected chi connectivity index (χ0v) is 14.9. The fourth-order valence-corrected chi connectivity index (χ4v) is 3.74. The Morgan fingerprint density at radius 1 is 0.962 bits per heavy atom. The highest BCUT2D eigenvalue weighted by Gasteiger charge is 2.28. The highest BCUT2D eigenvalue weighted by atomic mass is 16.5. The molecule has 7 heteroatoms. The highest BCUT2D eigenvalue weighted by molar-refractivity contribution is 5.83. The average molecular weight is 350 g/mol. The third kappa shape index (κ3) is 2.55. The van der Waals surface area contributed by atoms with Crippen LogP contribution < -0.4 is 14.5 Å². The van der Waals surface area contributed by atoms with E-state index in [2.05, 4.69) is 41.5 Å². The molecule has 1 saturated carbocycles. The molecule has 2 fully saturated rings. The van der Waals surface area contributed by atoms with Crippen molar-refractivity contribution in [3.05, 3.63) is 36.9 Å². The van der Waals surface area contributed by atoms with Gasteiger partial charge in [0.25, 0.3) is 0 Å². The van der Waals surface area contributed by atoms with E-state index in [1.165, 1.54) is 12.8 Å². The molecule has 1 aliphatic heterocycles. The van der Waals surface area contributed by atoms with Crippen LogP contribution in [0.25, 0.3) is 11.2 Å². The van der Waals surface area contributed by atoms with Gasteiger partial charge in [0.15, 0.2) is 17.0 Å². The summed E-state index contributed by atoms with van der Waals surface area (Å²) in [7, 11) is 1.73. The van der Waals surface area contributed by atoms with Crippen molar-refractivity contribution >= 4 is 22.7 Å². The number of hydrogen-bond donors (Lipinski definition) is 0. The number of methoxy groups -OCH3 is 1. The molecule has 5 rings (SSSR count). The Bertz CT molecular complexity index is 927. The van der Waals surface area contributed by atoms with Crippen LogP contribution >= 0.6 is 0 Å². The van der Waals surface area contributed by atoms with Gasteiger partial charge in [0, 0.05) is 32.2 Å². The smallest absolute Gasteiger partial charge is 0.165 e. The topological polar surface area (TPSA) is 59.3 Å². The van der Waals surface area contributed by atoms with E-state index < -0.39 is 0 Å². The third-order valence-corrected chi connectivity index (χ3v) is 5.28. The Balaban J connectivity index is 1.38. The van der Waals surface area contributed by atoms with Crippen molar-refractivity contribution in [2.75, 3.05) is 43.1 Å². The maximum Gasteiger partial charge on any atom is 0.165 e. The van der Waals surface area contributed by atoms with Gasteiger partial charge in [0.2, 0.25) is 0 Å². The zero-order valence-electron chi connectivity index (χ0n) is 14.9. The minimum absolute atomic E-state index is 0.574. The Kier molecular flexibility index (Phi) is 3.65. The van der Waals surface area contributed by atoms with E-state index in [-0.39, 0.29) is 0 Å². The average Bonchev–Trinajstić information content (AvgIpc) is 3.46. The molecule has 2 aromatic heterocycles. The second-order valence-corrected chi connectivity index (χ2v) is 6.90. The first kappa shape index (κ1) is 15.4. The normalized spacial score (nSPS) is 17.7. The second-order valence-electron chi connectivity index (χ2n) is 6.90. The van der Waals surface area contributed by atoms with E-state index in [0.29, 0.717) is 6.04 Å². The molecule has 7 nitrogen and oxygen atoms in total. The van der Waals surface area contributed by atoms with Gasteiger partial charge in [-0.2, -0.15) is 0 Å². The Labute approximate surface area is 152 Å². The maximum atomic E-state index is 5.51. The number of aromatic nitrogens is 4. The van der Waals surface area contributed by atoms with Crippen LogP contribution in [0.3, 0.4) is 0 Å². The van der Waals surface area contributed by atoms with Gasteiger partial charge in [-0.1, -0.05) is 12.1 Å². The first-order valence-electron chi connectivity index (χ1n) is 9.15. The van der Waals surface area contributed by atoms with Crippen molar-refractivity contribution in [1.29, 1.82) is 0 Å². The lowest BCUT2D eigenvalue weighted by molar-refractivity contribution is 0.413. The van der Waals surface area contributed by atoms with Crippen molar-refractivity contribution in [3.8, 4) is 5.75 Å². The van der Waals surface area contributed by atoms with Crippen LogP contribution in [0.2, 0.25) is 0 Å². The SMILES string of the molecule is COc1ccccc1N1CCN(c2ncnc3c2ncn3C2CC2)CC1. The van der Waals surface area contributed by atoms with Crippen molar-refractivity contribution in [3.63, 3.8) is 0 Å². The summed E-state index contributed by atoms with van der Waals surface area (Å²) in [5, 5.41) is 0. The van der Waals surface area contributed by atoms with Gasteiger partial charge >= 0.3 is 0 Å². The van der Waals surface area contributed by atoms with Gasteiger partial charge in [-0.25, -0.2) is 15.0 Å². The predicted molar refractivity (Wildman–Crippen MR) is 101 cm³/mol. The largest absolute Gasteiger partial charge is 0.495 e. The molecule has 26 heavy (non-hydrogen) atoms. The number of fused-ring (bicyclic) bond motifs is 1. The zero-order chi connectivity index (χ0) is 17.5. The van der Waals surface area contributed by atoms with Crippen LogP contribution in [0.4, 0.5) is 11.5 Å². The van der Waals surface area contributed by atoms with Crippen molar-refractivity contribution in [2.45, 2.75) is 18.9 Å². The molecule has 134 valence electrons. The van der Waals surface area contributed by atoms with Crippen LogP contribution in [-0.2, 0) is 0 Å². The number of rotatable bonds is 4. The summed E-state index contributed by atoms with van der Waals surface area (Å²) in [4.78, 5) is 18.3. The lowest BCUT2D eigenvalue weighted by Crippen LogP contribution is -2.47. The highest BCUT2D eigenvalue weighted by Crippen LogP contribution is 2.37. The number of piperazine rings is 1. The van der Waals surface area contributed by atoms with Crippen LogP contribution in [0.5, 0.6) is 5.75 Å². The summed E-state index contributed by atoms with van der Waals surface area (Å²) in [6.07, 6.45) is 6.04. The summed E-state index contributed by atoms with van der Waals surface area (Å²) in [5.74, 6) is 1.88. The van der Waals surface area contributed by atoms with Crippen LogP contribution in [0, 0.1) is 0 Å². The van der Waals surface area contributed by atoms with E-state index in [1.54, 1.807) is 13.4 Å². The van der Waals surface area contributed by atoms with E-state index in [0.717, 1.165) is 54.6 Å². The molecule has 0 radical (unpaired) electrons. The Hall–Kier alpha value is -2.83. The molecule has 1 aliphatic carbocycles. The lowest BCUT2D eigenvalue weighted by Gasteiger charge is -2.37. The number of para-hydroxylation sites is 2. The van der Waals surface area contributed by atoms with Gasteiger partial charge in [-0.15, -0.1) is 0 Å². The van der Waals surface area contributed by atoms with E-state index in [9.17, 15) is 0 Å². The lowest BCUT2D eigenvalue weighted by atomic mass is 10.2. The molecule has 0 atom stereocenters. The fourth-order valence-electron chi connectivity index (χ4n) is 3.74. The number of imidazole rings is 1. The van der Waals surface area contributed by atoms with Gasteiger partial charge in [-0.3, -0.25) is 0 Å². The van der Waals surface area contributed by atoms with Gasteiger partial charge in [0.05, 0.1) is 19.1 Å². The van der Waals surface area contributed by atoms with Gasteiger partial charge in [0.1, 0.15) is 12.1 Å². The maximum absolute atomic E-state index is 5.51. The first-order chi connectivity index (χ1) is 12.8. The van der Waals surface area contributed by atoms with Crippen LogP contribution in [0.1, 0.15) is 18.9 Å². The van der Waals surface area contributed by atoms with E-state index in [4.69, 9.17) is 4.74 Å². The number of benzene rings is 1. The molecule has 1 aromatic carbocycles. The van der Waals surface area contributed by atoms with E-state index in [1.807, 2.05) is 18.5 Å². The number of anilines is 2. The Morgan fingerprint density at radius 2 is 1.73 bits per heavy atom. The summed E-state index contributed by atoms with van der Waals surface area (Å²) in [6.45, 7) is 3.66. The molecular weight excluding hydrogens is 328 g/mol. The van der Waals surface area contributed by atoms with Gasteiger partial charge < -0.3 is 19.1 Å². The summed E-state index contributed by atoms with van der Waals surface area (Å²) in [6, 6.07) is 8.77. The molecule has 0 spiro atoms. The standard InChI is InChI=1S/C19H22N6O/c1-26-16-5-3-2-4-15(16)23-8-10-24(11-9-23)18-17-19(21-12-20-18)25(13-22-17)14-6-7-14/h2-5,12-14H,6-11H2,1H3. The van der Waals surface area contributed by atoms with E-state index >= 15 is 0 Å². The molecule has 3 heterocycles. The number of hydrogen-bond acceptors (Lipinski definition) is 6. The van der Waals surface area contributed by atoms with Crippen LogP contribution in [0.15, 0.2) is 36.9 Å². The fraction of sp³-hybridized carbons (Fsp3) is 0.421. The molecular formula is C19H22N6O. The second kappa shape index (κ2) is 6.16. The molecule has 0 unspecified atom stereocenters. The molecule has 1 saturated heterocycles. The van der Waals surface area contributed by atoms with Gasteiger partial charge in [-0.05, 0) is 25.0 Å². The molecule has 0 N–H and O–H groups in total. The molecule has 3 aromatic rings. The van der Waals surface area contributed by atoms with Crippen molar-refractivity contribution in [1.82, 2.24) is 19.5 Å².